The molecule has 0 atom stereocenters. The largest absolute Gasteiger partial charge is 0.457 e. The van der Waals surface area contributed by atoms with Crippen LogP contribution in [0.5, 0.6) is 0 Å². The molecule has 0 aliphatic heterocycles. The summed E-state index contributed by atoms with van der Waals surface area (Å²) in [5.41, 5.74) is 1.32. The van der Waals surface area contributed by atoms with E-state index in [1.54, 1.807) is 18.2 Å². The average molecular weight is 358 g/mol. The van der Waals surface area contributed by atoms with Crippen LogP contribution < -0.4 is 0 Å². The highest BCUT2D eigenvalue weighted by Crippen LogP contribution is 2.26. The molecule has 3 aromatic rings. The molecule has 3 heteroatoms. The van der Waals surface area contributed by atoms with Crippen molar-refractivity contribution in [3.63, 3.8) is 0 Å². The van der Waals surface area contributed by atoms with Gasteiger partial charge in [-0.3, -0.25) is 4.79 Å². The van der Waals surface area contributed by atoms with E-state index >= 15 is 0 Å². The number of ketones is 1. The Kier molecular flexibility index (Phi) is 5.22. The molecule has 0 spiro atoms. The van der Waals surface area contributed by atoms with Crippen molar-refractivity contribution in [2.24, 2.45) is 0 Å². The fourth-order valence-corrected chi connectivity index (χ4v) is 2.91. The van der Waals surface area contributed by atoms with E-state index < -0.39 is 11.6 Å². The summed E-state index contributed by atoms with van der Waals surface area (Å²) in [5, 5.41) is 1.92. The second-order valence-electron chi connectivity index (χ2n) is 7.31. The highest BCUT2D eigenvalue weighted by Gasteiger charge is 2.16. The van der Waals surface area contributed by atoms with Gasteiger partial charge in [0, 0.05) is 17.2 Å². The average Bonchev–Trinajstić information content (AvgIpc) is 2.64. The van der Waals surface area contributed by atoms with Crippen LogP contribution >= 0.6 is 0 Å². The van der Waals surface area contributed by atoms with Crippen molar-refractivity contribution in [2.45, 2.75) is 26.4 Å². The van der Waals surface area contributed by atoms with Crippen molar-refractivity contribution < 1.29 is 14.3 Å². The number of rotatable bonds is 4. The summed E-state index contributed by atoms with van der Waals surface area (Å²) in [5.74, 6) is -0.515. The van der Waals surface area contributed by atoms with Crippen molar-refractivity contribution in [3.8, 4) is 0 Å². The zero-order valence-corrected chi connectivity index (χ0v) is 15.7. The minimum atomic E-state index is -0.567. The summed E-state index contributed by atoms with van der Waals surface area (Å²) in [4.78, 5) is 25.2. The molecule has 0 amide bonds. The molecule has 0 fully saturated rings. The molecule has 0 heterocycles. The predicted octanol–water partition coefficient (Wildman–Crippen LogP) is 5.43. The Morgan fingerprint density at radius 1 is 0.852 bits per heavy atom. The standard InChI is InChI=1S/C24H22O3/c1-24(2,3)27-22(25)16-15-20-19-12-8-7-9-17(19)13-14-21(20)23(26)18-10-5-4-6-11-18/h4-16H,1-3H3/b16-15+. The normalized spacial score (nSPS) is 11.7. The highest BCUT2D eigenvalue weighted by atomic mass is 16.6. The third kappa shape index (κ3) is 4.50. The first-order valence-electron chi connectivity index (χ1n) is 8.88. The van der Waals surface area contributed by atoms with Gasteiger partial charge in [-0.2, -0.15) is 0 Å². The third-order valence-electron chi connectivity index (χ3n) is 4.04. The van der Waals surface area contributed by atoms with Gasteiger partial charge in [0.2, 0.25) is 0 Å². The lowest BCUT2D eigenvalue weighted by atomic mass is 9.93. The first-order chi connectivity index (χ1) is 12.8. The molecule has 0 aliphatic carbocycles. The predicted molar refractivity (Wildman–Crippen MR) is 109 cm³/mol. The zero-order valence-electron chi connectivity index (χ0n) is 15.7. The molecule has 27 heavy (non-hydrogen) atoms. The van der Waals surface area contributed by atoms with Crippen LogP contribution in [0, 0.1) is 0 Å². The molecule has 0 N–H and O–H groups in total. The molecule has 0 unspecified atom stereocenters. The molecule has 3 nitrogen and oxygen atoms in total. The molecule has 0 saturated heterocycles. The van der Waals surface area contributed by atoms with Gasteiger partial charge in [0.25, 0.3) is 0 Å². The summed E-state index contributed by atoms with van der Waals surface area (Å²) >= 11 is 0. The Balaban J connectivity index is 2.08. The number of carbonyl (C=O) groups excluding carboxylic acids is 2. The van der Waals surface area contributed by atoms with Gasteiger partial charge in [-0.1, -0.05) is 60.7 Å². The molecule has 3 aromatic carbocycles. The molecule has 0 aliphatic rings. The van der Waals surface area contributed by atoms with Crippen LogP contribution in [0.2, 0.25) is 0 Å². The second kappa shape index (κ2) is 7.58. The molecule has 0 bridgehead atoms. The lowest BCUT2D eigenvalue weighted by molar-refractivity contribution is -0.148. The second-order valence-corrected chi connectivity index (χ2v) is 7.31. The van der Waals surface area contributed by atoms with Crippen molar-refractivity contribution >= 4 is 28.6 Å². The first-order valence-corrected chi connectivity index (χ1v) is 8.88. The van der Waals surface area contributed by atoms with Gasteiger partial charge in [0.15, 0.2) is 5.78 Å². The van der Waals surface area contributed by atoms with Gasteiger partial charge in [-0.25, -0.2) is 4.79 Å². The van der Waals surface area contributed by atoms with E-state index in [-0.39, 0.29) is 5.78 Å². The maximum Gasteiger partial charge on any atom is 0.331 e. The number of fused-ring (bicyclic) bond motifs is 1. The van der Waals surface area contributed by atoms with E-state index in [4.69, 9.17) is 4.74 Å². The third-order valence-corrected chi connectivity index (χ3v) is 4.04. The Labute approximate surface area is 159 Å². The Morgan fingerprint density at radius 2 is 1.52 bits per heavy atom. The van der Waals surface area contributed by atoms with E-state index in [0.29, 0.717) is 16.7 Å². The fraction of sp³-hybridized carbons (Fsp3) is 0.167. The van der Waals surface area contributed by atoms with Gasteiger partial charge in [-0.15, -0.1) is 0 Å². The van der Waals surface area contributed by atoms with Crippen LogP contribution in [-0.2, 0) is 9.53 Å². The molecule has 0 saturated carbocycles. The van der Waals surface area contributed by atoms with Crippen LogP contribution in [0.3, 0.4) is 0 Å². The van der Waals surface area contributed by atoms with Crippen LogP contribution in [0.25, 0.3) is 16.8 Å². The quantitative estimate of drug-likeness (QED) is 0.355. The number of benzene rings is 3. The summed E-state index contributed by atoms with van der Waals surface area (Å²) < 4.78 is 5.35. The van der Waals surface area contributed by atoms with E-state index in [1.165, 1.54) is 6.08 Å². The highest BCUT2D eigenvalue weighted by molar-refractivity contribution is 6.14. The summed E-state index contributed by atoms with van der Waals surface area (Å²) in [6.45, 7) is 5.46. The Hall–Kier alpha value is -3.20. The number of hydrogen-bond donors (Lipinski definition) is 0. The van der Waals surface area contributed by atoms with E-state index in [2.05, 4.69) is 0 Å². The Bertz CT molecular complexity index is 1010. The van der Waals surface area contributed by atoms with Crippen LogP contribution in [0.15, 0.2) is 72.8 Å². The monoisotopic (exact) mass is 358 g/mol. The zero-order chi connectivity index (χ0) is 19.4. The van der Waals surface area contributed by atoms with Crippen molar-refractivity contribution in [2.75, 3.05) is 0 Å². The van der Waals surface area contributed by atoms with Gasteiger partial charge < -0.3 is 4.74 Å². The maximum atomic E-state index is 13.0. The van der Waals surface area contributed by atoms with Crippen molar-refractivity contribution in [1.29, 1.82) is 0 Å². The van der Waals surface area contributed by atoms with Crippen molar-refractivity contribution in [1.82, 2.24) is 0 Å². The van der Waals surface area contributed by atoms with Gasteiger partial charge in [-0.05, 0) is 49.2 Å². The van der Waals surface area contributed by atoms with Crippen molar-refractivity contribution in [3.05, 3.63) is 89.5 Å². The summed E-state index contributed by atoms with van der Waals surface area (Å²) in [7, 11) is 0. The smallest absolute Gasteiger partial charge is 0.331 e. The topological polar surface area (TPSA) is 43.4 Å². The summed E-state index contributed by atoms with van der Waals surface area (Å²) in [6.07, 6.45) is 3.06. The number of carbonyl (C=O) groups is 2. The minimum absolute atomic E-state index is 0.0785. The number of ether oxygens (including phenoxy) is 1. The number of esters is 1. The van der Waals surface area contributed by atoms with Gasteiger partial charge in [0.1, 0.15) is 5.60 Å². The molecule has 0 aromatic heterocycles. The molecule has 3 rings (SSSR count). The molecule has 136 valence electrons. The summed E-state index contributed by atoms with van der Waals surface area (Å²) in [6, 6.07) is 20.7. The lowest BCUT2D eigenvalue weighted by Gasteiger charge is -2.18. The lowest BCUT2D eigenvalue weighted by Crippen LogP contribution is -2.22. The van der Waals surface area contributed by atoms with Gasteiger partial charge in [0.05, 0.1) is 0 Å². The molecular weight excluding hydrogens is 336 g/mol. The van der Waals surface area contributed by atoms with Gasteiger partial charge >= 0.3 is 5.97 Å². The van der Waals surface area contributed by atoms with Crippen LogP contribution in [0.1, 0.15) is 42.3 Å². The van der Waals surface area contributed by atoms with E-state index in [9.17, 15) is 9.59 Å². The Morgan fingerprint density at radius 3 is 2.22 bits per heavy atom. The van der Waals surface area contributed by atoms with E-state index in [0.717, 1.165) is 10.8 Å². The van der Waals surface area contributed by atoms with E-state index in [1.807, 2.05) is 75.4 Å². The minimum Gasteiger partial charge on any atom is -0.457 e. The maximum absolute atomic E-state index is 13.0. The SMILES string of the molecule is CC(C)(C)OC(=O)/C=C/c1c(C(=O)c2ccccc2)ccc2ccccc12. The molecule has 0 radical (unpaired) electrons. The van der Waals surface area contributed by atoms with Crippen LogP contribution in [0.4, 0.5) is 0 Å². The number of hydrogen-bond acceptors (Lipinski definition) is 3. The first kappa shape index (κ1) is 18.6. The fourth-order valence-electron chi connectivity index (χ4n) is 2.91. The molecular formula is C24H22O3. The van der Waals surface area contributed by atoms with Crippen LogP contribution in [-0.4, -0.2) is 17.4 Å².